The molecule has 0 fully saturated rings. The first-order valence-electron chi connectivity index (χ1n) is 7.16. The smallest absolute Gasteiger partial charge is 0.333 e. The molecular formula is C15H28O4. The largest absolute Gasteiger partial charge is 0.460 e. The van der Waals surface area contributed by atoms with E-state index in [0.29, 0.717) is 25.4 Å². The molecule has 4 nitrogen and oxygen atoms in total. The summed E-state index contributed by atoms with van der Waals surface area (Å²) in [6.45, 7) is 9.94. The van der Waals surface area contributed by atoms with Gasteiger partial charge in [-0.05, 0) is 13.3 Å². The lowest BCUT2D eigenvalue weighted by molar-refractivity contribution is -0.140. The molecule has 0 aliphatic heterocycles. The predicted octanol–water partition coefficient (Wildman–Crippen LogP) is 3.11. The van der Waals surface area contributed by atoms with Gasteiger partial charge in [0.05, 0.1) is 19.8 Å². The lowest BCUT2D eigenvalue weighted by Crippen LogP contribution is -2.13. The van der Waals surface area contributed by atoms with E-state index in [1.807, 2.05) is 0 Å². The van der Waals surface area contributed by atoms with Crippen LogP contribution in [0.25, 0.3) is 0 Å². The minimum atomic E-state index is -0.369. The molecular weight excluding hydrogens is 244 g/mol. The van der Waals surface area contributed by atoms with Gasteiger partial charge >= 0.3 is 5.97 Å². The van der Waals surface area contributed by atoms with Crippen LogP contribution in [0.5, 0.6) is 0 Å². The van der Waals surface area contributed by atoms with Crippen LogP contribution in [0.1, 0.15) is 46.0 Å². The molecule has 0 radical (unpaired) electrons. The first-order valence-corrected chi connectivity index (χ1v) is 7.16. The van der Waals surface area contributed by atoms with Crippen LogP contribution in [0.3, 0.4) is 0 Å². The van der Waals surface area contributed by atoms with Crippen LogP contribution in [0, 0.1) is 0 Å². The second kappa shape index (κ2) is 13.6. The van der Waals surface area contributed by atoms with Crippen LogP contribution < -0.4 is 0 Å². The fraction of sp³-hybridized carbons (Fsp3) is 0.800. The highest BCUT2D eigenvalue weighted by atomic mass is 16.6. The van der Waals surface area contributed by atoms with Crippen LogP contribution in [-0.2, 0) is 19.0 Å². The maximum Gasteiger partial charge on any atom is 0.333 e. The molecule has 112 valence electrons. The van der Waals surface area contributed by atoms with E-state index in [-0.39, 0.29) is 12.6 Å². The lowest BCUT2D eigenvalue weighted by Gasteiger charge is -2.06. The molecule has 0 atom stereocenters. The molecule has 0 aromatic rings. The molecule has 19 heavy (non-hydrogen) atoms. The Labute approximate surface area is 117 Å². The monoisotopic (exact) mass is 272 g/mol. The third-order valence-electron chi connectivity index (χ3n) is 2.57. The van der Waals surface area contributed by atoms with Gasteiger partial charge in [-0.1, -0.05) is 39.2 Å². The maximum atomic E-state index is 11.0. The zero-order valence-electron chi connectivity index (χ0n) is 12.4. The molecule has 0 saturated carbocycles. The van der Waals surface area contributed by atoms with Gasteiger partial charge in [0, 0.05) is 12.2 Å². The molecule has 0 bridgehead atoms. The summed E-state index contributed by atoms with van der Waals surface area (Å²) in [6.07, 6.45) is 6.24. The fourth-order valence-electron chi connectivity index (χ4n) is 1.45. The van der Waals surface area contributed by atoms with Crippen molar-refractivity contribution in [3.05, 3.63) is 12.2 Å². The van der Waals surface area contributed by atoms with Crippen molar-refractivity contribution in [2.75, 3.05) is 33.0 Å². The van der Waals surface area contributed by atoms with Gasteiger partial charge in [-0.15, -0.1) is 0 Å². The third kappa shape index (κ3) is 13.4. The van der Waals surface area contributed by atoms with Crippen molar-refractivity contribution in [3.8, 4) is 0 Å². The second-order valence-corrected chi connectivity index (χ2v) is 4.56. The third-order valence-corrected chi connectivity index (χ3v) is 2.57. The van der Waals surface area contributed by atoms with E-state index in [0.717, 1.165) is 13.0 Å². The lowest BCUT2D eigenvalue weighted by atomic mass is 10.2. The van der Waals surface area contributed by atoms with E-state index in [9.17, 15) is 4.79 Å². The van der Waals surface area contributed by atoms with Crippen molar-refractivity contribution >= 4 is 5.97 Å². The quantitative estimate of drug-likeness (QED) is 0.293. The Morgan fingerprint density at radius 3 is 2.11 bits per heavy atom. The van der Waals surface area contributed by atoms with Crippen molar-refractivity contribution in [1.82, 2.24) is 0 Å². The van der Waals surface area contributed by atoms with E-state index < -0.39 is 0 Å². The van der Waals surface area contributed by atoms with Gasteiger partial charge in [-0.3, -0.25) is 0 Å². The van der Waals surface area contributed by atoms with Crippen molar-refractivity contribution in [1.29, 1.82) is 0 Å². The number of carbonyl (C=O) groups is 1. The van der Waals surface area contributed by atoms with Crippen molar-refractivity contribution < 1.29 is 19.0 Å². The van der Waals surface area contributed by atoms with Crippen molar-refractivity contribution in [3.63, 3.8) is 0 Å². The highest BCUT2D eigenvalue weighted by Gasteiger charge is 2.01. The zero-order chi connectivity index (χ0) is 14.3. The topological polar surface area (TPSA) is 44.8 Å². The minimum absolute atomic E-state index is 0.267. The van der Waals surface area contributed by atoms with Gasteiger partial charge in [0.1, 0.15) is 6.61 Å². The van der Waals surface area contributed by atoms with Crippen LogP contribution in [0.15, 0.2) is 12.2 Å². The molecule has 0 aliphatic rings. The van der Waals surface area contributed by atoms with Crippen molar-refractivity contribution in [2.45, 2.75) is 46.0 Å². The molecule has 0 aliphatic carbocycles. The van der Waals surface area contributed by atoms with E-state index >= 15 is 0 Å². The number of carbonyl (C=O) groups excluding carboxylic acids is 1. The van der Waals surface area contributed by atoms with Gasteiger partial charge in [-0.25, -0.2) is 4.79 Å². The fourth-order valence-corrected chi connectivity index (χ4v) is 1.45. The van der Waals surface area contributed by atoms with Crippen LogP contribution >= 0.6 is 0 Å². The summed E-state index contributed by atoms with van der Waals surface area (Å²) in [5, 5.41) is 0. The minimum Gasteiger partial charge on any atom is -0.460 e. The molecule has 0 spiro atoms. The van der Waals surface area contributed by atoms with Gasteiger partial charge in [-0.2, -0.15) is 0 Å². The molecule has 0 aromatic heterocycles. The average molecular weight is 272 g/mol. The Bertz CT molecular complexity index is 238. The molecule has 0 heterocycles. The highest BCUT2D eigenvalue weighted by Crippen LogP contribution is 2.02. The van der Waals surface area contributed by atoms with E-state index in [4.69, 9.17) is 14.2 Å². The van der Waals surface area contributed by atoms with Gasteiger partial charge in [0.2, 0.25) is 0 Å². The Hall–Kier alpha value is -0.870. The van der Waals surface area contributed by atoms with E-state index in [1.54, 1.807) is 6.92 Å². The normalized spacial score (nSPS) is 10.4. The molecule has 0 aromatic carbocycles. The molecule has 4 heteroatoms. The van der Waals surface area contributed by atoms with E-state index in [2.05, 4.69) is 13.5 Å². The summed E-state index contributed by atoms with van der Waals surface area (Å²) < 4.78 is 15.6. The molecule has 0 rings (SSSR count). The SMILES string of the molecule is C=C(C)C(=O)OCCOCCOCCCCCCC. The summed E-state index contributed by atoms with van der Waals surface area (Å²) in [5.41, 5.74) is 0.409. The van der Waals surface area contributed by atoms with Gasteiger partial charge < -0.3 is 14.2 Å². The first-order chi connectivity index (χ1) is 9.18. The highest BCUT2D eigenvalue weighted by molar-refractivity contribution is 5.86. The molecule has 0 N–H and O–H groups in total. The Morgan fingerprint density at radius 2 is 1.47 bits per heavy atom. The molecule has 0 amide bonds. The number of rotatable bonds is 13. The summed E-state index contributed by atoms with van der Waals surface area (Å²) in [5.74, 6) is -0.369. The van der Waals surface area contributed by atoms with Crippen LogP contribution in [0.4, 0.5) is 0 Å². The summed E-state index contributed by atoms with van der Waals surface area (Å²) in [6, 6.07) is 0. The Balaban J connectivity index is 3.07. The van der Waals surface area contributed by atoms with E-state index in [1.165, 1.54) is 25.7 Å². The average Bonchev–Trinajstić information content (AvgIpc) is 2.39. The maximum absolute atomic E-state index is 11.0. The summed E-state index contributed by atoms with van der Waals surface area (Å²) in [4.78, 5) is 11.0. The number of hydrogen-bond acceptors (Lipinski definition) is 4. The Morgan fingerprint density at radius 1 is 0.895 bits per heavy atom. The van der Waals surface area contributed by atoms with Crippen LogP contribution in [0.2, 0.25) is 0 Å². The second-order valence-electron chi connectivity index (χ2n) is 4.56. The predicted molar refractivity (Wildman–Crippen MR) is 76.2 cm³/mol. The molecule has 0 unspecified atom stereocenters. The number of unbranched alkanes of at least 4 members (excludes halogenated alkanes) is 4. The van der Waals surface area contributed by atoms with Crippen LogP contribution in [-0.4, -0.2) is 39.0 Å². The van der Waals surface area contributed by atoms with Crippen molar-refractivity contribution in [2.24, 2.45) is 0 Å². The Kier molecular flexibility index (Phi) is 12.9. The number of hydrogen-bond donors (Lipinski definition) is 0. The number of ether oxygens (including phenoxy) is 3. The standard InChI is InChI=1S/C15H28O4/c1-4-5-6-7-8-9-17-10-11-18-12-13-19-15(16)14(2)3/h2,4-13H2,1,3H3. The number of esters is 1. The summed E-state index contributed by atoms with van der Waals surface area (Å²) in [7, 11) is 0. The summed E-state index contributed by atoms with van der Waals surface area (Å²) >= 11 is 0. The van der Waals surface area contributed by atoms with Gasteiger partial charge in [0.25, 0.3) is 0 Å². The first kappa shape index (κ1) is 18.1. The molecule has 0 saturated heterocycles. The zero-order valence-corrected chi connectivity index (χ0v) is 12.4. The van der Waals surface area contributed by atoms with Gasteiger partial charge in [0.15, 0.2) is 0 Å².